The molecule has 0 spiro atoms. The van der Waals surface area contributed by atoms with Gasteiger partial charge in [-0.1, -0.05) is 35.1 Å². The van der Waals surface area contributed by atoms with Crippen molar-refractivity contribution in [1.29, 1.82) is 0 Å². The molecule has 4 aromatic rings. The highest BCUT2D eigenvalue weighted by Gasteiger charge is 2.33. The molecule has 1 aliphatic rings. The minimum absolute atomic E-state index is 0.0263. The molecular weight excluding hydrogens is 585 g/mol. The van der Waals surface area contributed by atoms with Crippen molar-refractivity contribution in [3.05, 3.63) is 135 Å². The molecule has 0 unspecified atom stereocenters. The lowest BCUT2D eigenvalue weighted by molar-refractivity contribution is -0.384. The third kappa shape index (κ3) is 5.88. The maximum Gasteiger partial charge on any atom is 0.338 e. The van der Waals surface area contributed by atoms with Gasteiger partial charge in [-0.15, -0.1) is 0 Å². The smallest absolute Gasteiger partial charge is 0.338 e. The number of hydrogen-bond acceptors (Lipinski definition) is 8. The lowest BCUT2D eigenvalue weighted by atomic mass is 9.96. The molecule has 0 amide bonds. The molecule has 0 saturated carbocycles. The van der Waals surface area contributed by atoms with Crippen LogP contribution in [0.25, 0.3) is 6.08 Å². The fourth-order valence-corrected chi connectivity index (χ4v) is 5.75. The molecule has 42 heavy (non-hydrogen) atoms. The van der Waals surface area contributed by atoms with E-state index in [0.717, 1.165) is 11.3 Å². The number of aromatic nitrogens is 1. The average Bonchev–Trinajstić information content (AvgIpc) is 3.26. The van der Waals surface area contributed by atoms with Crippen LogP contribution in [0, 0.1) is 15.9 Å². The van der Waals surface area contributed by atoms with Crippen LogP contribution in [-0.2, 0) is 16.1 Å². The largest absolute Gasteiger partial charge is 0.488 e. The number of carbonyl (C=O) groups excluding carboxylic acids is 1. The van der Waals surface area contributed by atoms with Gasteiger partial charge in [0.05, 0.1) is 33.4 Å². The van der Waals surface area contributed by atoms with Crippen LogP contribution >= 0.6 is 22.9 Å². The molecule has 1 aliphatic heterocycles. The Labute approximate surface area is 247 Å². The summed E-state index contributed by atoms with van der Waals surface area (Å²) in [7, 11) is 0. The van der Waals surface area contributed by atoms with Crippen molar-refractivity contribution in [2.75, 3.05) is 6.61 Å². The van der Waals surface area contributed by atoms with Gasteiger partial charge in [-0.25, -0.2) is 14.2 Å². The van der Waals surface area contributed by atoms with Crippen LogP contribution in [-0.4, -0.2) is 22.1 Å². The van der Waals surface area contributed by atoms with E-state index in [1.54, 1.807) is 50.3 Å². The second kappa shape index (κ2) is 12.1. The van der Waals surface area contributed by atoms with Gasteiger partial charge in [0, 0.05) is 22.7 Å². The van der Waals surface area contributed by atoms with Crippen LogP contribution in [0.5, 0.6) is 5.75 Å². The first-order valence-corrected chi connectivity index (χ1v) is 14.0. The molecule has 2 heterocycles. The predicted octanol–water partition coefficient (Wildman–Crippen LogP) is 5.08. The molecule has 12 heteroatoms. The minimum atomic E-state index is -0.875. The molecule has 0 fully saturated rings. The highest BCUT2D eigenvalue weighted by molar-refractivity contribution is 7.07. The number of fused-ring (bicyclic) bond motifs is 1. The van der Waals surface area contributed by atoms with Crippen molar-refractivity contribution in [3.8, 4) is 5.75 Å². The first-order valence-electron chi connectivity index (χ1n) is 12.8. The van der Waals surface area contributed by atoms with E-state index in [1.807, 2.05) is 0 Å². The lowest BCUT2D eigenvalue weighted by Gasteiger charge is -2.24. The Hall–Kier alpha value is -4.61. The van der Waals surface area contributed by atoms with E-state index in [-0.39, 0.29) is 24.5 Å². The molecular formula is C30H23ClFN3O6S. The molecule has 9 nitrogen and oxygen atoms in total. The van der Waals surface area contributed by atoms with E-state index in [2.05, 4.69) is 4.99 Å². The van der Waals surface area contributed by atoms with Gasteiger partial charge in [-0.05, 0) is 73.5 Å². The summed E-state index contributed by atoms with van der Waals surface area (Å²) >= 11 is 7.41. The van der Waals surface area contributed by atoms with Crippen molar-refractivity contribution in [1.82, 2.24) is 4.57 Å². The number of nitro groups is 1. The molecule has 214 valence electrons. The number of non-ortho nitro benzene ring substituents is 1. The number of carbonyl (C=O) groups is 1. The van der Waals surface area contributed by atoms with Crippen LogP contribution in [0.3, 0.4) is 0 Å². The number of halogens is 2. The van der Waals surface area contributed by atoms with E-state index >= 15 is 0 Å². The summed E-state index contributed by atoms with van der Waals surface area (Å²) in [5, 5.41) is 11.4. The summed E-state index contributed by atoms with van der Waals surface area (Å²) < 4.78 is 26.8. The molecule has 5 rings (SSSR count). The minimum Gasteiger partial charge on any atom is -0.488 e. The maximum atomic E-state index is 13.9. The van der Waals surface area contributed by atoms with Crippen LogP contribution in [0.4, 0.5) is 10.1 Å². The summed E-state index contributed by atoms with van der Waals surface area (Å²) in [6.07, 6.45) is 1.63. The van der Waals surface area contributed by atoms with Gasteiger partial charge in [-0.2, -0.15) is 0 Å². The summed E-state index contributed by atoms with van der Waals surface area (Å²) in [5.41, 5.74) is 1.90. The quantitative estimate of drug-likeness (QED) is 0.157. The van der Waals surface area contributed by atoms with E-state index in [1.165, 1.54) is 41.0 Å². The number of benzene rings is 3. The predicted molar refractivity (Wildman–Crippen MR) is 156 cm³/mol. The Morgan fingerprint density at radius 1 is 1.17 bits per heavy atom. The van der Waals surface area contributed by atoms with Gasteiger partial charge in [-0.3, -0.25) is 19.5 Å². The Balaban J connectivity index is 1.57. The average molecular weight is 608 g/mol. The number of nitro benzene ring substituents is 1. The number of hydrogen-bond donors (Lipinski definition) is 0. The Morgan fingerprint density at radius 3 is 2.55 bits per heavy atom. The third-order valence-electron chi connectivity index (χ3n) is 6.50. The zero-order valence-corrected chi connectivity index (χ0v) is 23.9. The van der Waals surface area contributed by atoms with Gasteiger partial charge in [0.25, 0.3) is 11.2 Å². The highest BCUT2D eigenvalue weighted by atomic mass is 35.5. The molecule has 1 aromatic heterocycles. The van der Waals surface area contributed by atoms with Crippen LogP contribution in [0.15, 0.2) is 87.8 Å². The summed E-state index contributed by atoms with van der Waals surface area (Å²) in [6, 6.07) is 15.7. The zero-order valence-electron chi connectivity index (χ0n) is 22.4. The molecule has 0 N–H and O–H groups in total. The second-order valence-electron chi connectivity index (χ2n) is 9.25. The summed E-state index contributed by atoms with van der Waals surface area (Å²) in [4.78, 5) is 42.2. The number of thiazole rings is 1. The van der Waals surface area contributed by atoms with Gasteiger partial charge >= 0.3 is 5.97 Å². The fourth-order valence-electron chi connectivity index (χ4n) is 4.53. The van der Waals surface area contributed by atoms with Gasteiger partial charge in [0.2, 0.25) is 0 Å². The lowest BCUT2D eigenvalue weighted by Crippen LogP contribution is -2.39. The number of allylic oxidation sites excluding steroid dienone is 1. The molecule has 0 bridgehead atoms. The van der Waals surface area contributed by atoms with Crippen LogP contribution in [0.1, 0.15) is 36.6 Å². The second-order valence-corrected chi connectivity index (χ2v) is 10.7. The molecule has 0 aliphatic carbocycles. The maximum absolute atomic E-state index is 13.9. The van der Waals surface area contributed by atoms with Crippen molar-refractivity contribution in [3.63, 3.8) is 0 Å². The van der Waals surface area contributed by atoms with Crippen molar-refractivity contribution in [2.24, 2.45) is 4.99 Å². The fraction of sp³-hybridized carbons (Fsp3) is 0.167. The zero-order chi connectivity index (χ0) is 30.0. The van der Waals surface area contributed by atoms with Crippen molar-refractivity contribution >= 4 is 40.7 Å². The van der Waals surface area contributed by atoms with Gasteiger partial charge < -0.3 is 9.47 Å². The Kier molecular flexibility index (Phi) is 8.32. The molecule has 3 aromatic carbocycles. The van der Waals surface area contributed by atoms with E-state index < -0.39 is 28.3 Å². The standard InChI is InChI=1S/C30H23ClFN3O6S/c1-3-40-29(37)26-17(2)33-30-34(27(26)19-6-9-22(32)10-7-19)28(36)25(42-30)15-20-14-21(31)8-13-24(20)41-16-18-4-11-23(12-5-18)35(38)39/h4-15,27H,3,16H2,1-2H3/b25-15-/t27-/m1/s1. The molecule has 0 saturated heterocycles. The normalized spacial score (nSPS) is 14.8. The topological polar surface area (TPSA) is 113 Å². The Bertz CT molecular complexity index is 1900. The molecule has 0 radical (unpaired) electrons. The monoisotopic (exact) mass is 607 g/mol. The number of ether oxygens (including phenoxy) is 2. The SMILES string of the molecule is CCOC(=O)C1=C(C)N=c2s/c(=C\c3cc(Cl)ccc3OCc3ccc([N+](=O)[O-])cc3)c(=O)n2[C@@H]1c1ccc(F)cc1. The number of rotatable bonds is 8. The third-order valence-corrected chi connectivity index (χ3v) is 7.72. The first kappa shape index (κ1) is 28.9. The van der Waals surface area contributed by atoms with Gasteiger partial charge in [0.15, 0.2) is 4.80 Å². The van der Waals surface area contributed by atoms with Crippen LogP contribution in [0.2, 0.25) is 5.02 Å². The first-order chi connectivity index (χ1) is 20.2. The number of nitrogens with zero attached hydrogens (tertiary/aromatic N) is 3. The van der Waals surface area contributed by atoms with E-state index in [9.17, 15) is 24.1 Å². The molecule has 1 atom stereocenters. The summed E-state index contributed by atoms with van der Waals surface area (Å²) in [5.74, 6) is -0.632. The van der Waals surface area contributed by atoms with E-state index in [0.29, 0.717) is 42.5 Å². The number of esters is 1. The van der Waals surface area contributed by atoms with E-state index in [4.69, 9.17) is 21.1 Å². The van der Waals surface area contributed by atoms with Gasteiger partial charge in [0.1, 0.15) is 18.2 Å². The summed E-state index contributed by atoms with van der Waals surface area (Å²) in [6.45, 7) is 3.60. The highest BCUT2D eigenvalue weighted by Crippen LogP contribution is 2.31. The van der Waals surface area contributed by atoms with Crippen molar-refractivity contribution < 1.29 is 23.6 Å². The van der Waals surface area contributed by atoms with Crippen LogP contribution < -0.4 is 19.6 Å². The van der Waals surface area contributed by atoms with Crippen molar-refractivity contribution in [2.45, 2.75) is 26.5 Å². The Morgan fingerprint density at radius 2 is 1.88 bits per heavy atom.